The minimum atomic E-state index is -0.160. The first kappa shape index (κ1) is 16.3. The van der Waals surface area contributed by atoms with Crippen molar-refractivity contribution in [2.45, 2.75) is 46.3 Å². The second kappa shape index (κ2) is 7.77. The summed E-state index contributed by atoms with van der Waals surface area (Å²) in [5.74, 6) is 0.639. The fourth-order valence-electron chi connectivity index (χ4n) is 1.32. The van der Waals surface area contributed by atoms with E-state index in [1.165, 1.54) is 11.3 Å². The van der Waals surface area contributed by atoms with Gasteiger partial charge in [-0.2, -0.15) is 0 Å². The van der Waals surface area contributed by atoms with Crippen molar-refractivity contribution >= 4 is 11.3 Å². The average molecular weight is 287 g/mol. The van der Waals surface area contributed by atoms with Crippen LogP contribution in [-0.2, 0) is 11.3 Å². The molecule has 110 valence electrons. The Morgan fingerprint density at radius 3 is 2.68 bits per heavy atom. The first-order valence-electron chi connectivity index (χ1n) is 6.64. The van der Waals surface area contributed by atoms with Gasteiger partial charge in [0.1, 0.15) is 5.01 Å². The Morgan fingerprint density at radius 2 is 2.05 bits per heavy atom. The van der Waals surface area contributed by atoms with Crippen molar-refractivity contribution < 1.29 is 9.47 Å². The van der Waals surface area contributed by atoms with Crippen molar-refractivity contribution in [3.8, 4) is 5.19 Å². The number of hydrogen-bond donors (Lipinski definition) is 1. The summed E-state index contributed by atoms with van der Waals surface area (Å²) in [5.41, 5.74) is -0.160. The third-order valence-corrected chi connectivity index (χ3v) is 3.60. The maximum Gasteiger partial charge on any atom is 0.294 e. The SMILES string of the molecule is COC(C)(C)CCOc1nnc(CNCC(C)C)s1. The zero-order valence-electron chi connectivity index (χ0n) is 12.5. The lowest BCUT2D eigenvalue weighted by atomic mass is 10.1. The smallest absolute Gasteiger partial charge is 0.294 e. The molecule has 0 amide bonds. The summed E-state index contributed by atoms with van der Waals surface area (Å²) in [6.45, 7) is 10.8. The first-order valence-corrected chi connectivity index (χ1v) is 7.45. The lowest BCUT2D eigenvalue weighted by Gasteiger charge is -2.21. The van der Waals surface area contributed by atoms with Crippen LogP contribution in [0.3, 0.4) is 0 Å². The molecule has 0 fully saturated rings. The van der Waals surface area contributed by atoms with Crippen LogP contribution in [0.1, 0.15) is 39.1 Å². The summed E-state index contributed by atoms with van der Waals surface area (Å²) in [4.78, 5) is 0. The number of hydrogen-bond acceptors (Lipinski definition) is 6. The molecule has 1 rings (SSSR count). The van der Waals surface area contributed by atoms with Crippen molar-refractivity contribution in [2.75, 3.05) is 20.3 Å². The third-order valence-electron chi connectivity index (χ3n) is 2.76. The van der Waals surface area contributed by atoms with Gasteiger partial charge in [-0.3, -0.25) is 0 Å². The zero-order valence-corrected chi connectivity index (χ0v) is 13.3. The Labute approximate surface area is 119 Å². The molecule has 19 heavy (non-hydrogen) atoms. The van der Waals surface area contributed by atoms with E-state index in [9.17, 15) is 0 Å². The van der Waals surface area contributed by atoms with E-state index in [0.717, 1.165) is 24.5 Å². The highest BCUT2D eigenvalue weighted by atomic mass is 32.1. The number of ether oxygens (including phenoxy) is 2. The fraction of sp³-hybridized carbons (Fsp3) is 0.846. The lowest BCUT2D eigenvalue weighted by molar-refractivity contribution is 0.00538. The van der Waals surface area contributed by atoms with Gasteiger partial charge in [-0.05, 0) is 26.3 Å². The quantitative estimate of drug-likeness (QED) is 0.756. The highest BCUT2D eigenvalue weighted by Crippen LogP contribution is 2.19. The van der Waals surface area contributed by atoms with Crippen LogP contribution in [0.2, 0.25) is 0 Å². The molecule has 0 saturated heterocycles. The standard InChI is InChI=1S/C13H25N3O2S/c1-10(2)8-14-9-11-15-16-12(19-11)18-7-6-13(3,4)17-5/h10,14H,6-9H2,1-5H3. The van der Waals surface area contributed by atoms with Crippen molar-refractivity contribution in [1.82, 2.24) is 15.5 Å². The summed E-state index contributed by atoms with van der Waals surface area (Å²) in [7, 11) is 1.71. The van der Waals surface area contributed by atoms with Crippen molar-refractivity contribution in [1.29, 1.82) is 0 Å². The lowest BCUT2D eigenvalue weighted by Crippen LogP contribution is -2.25. The third kappa shape index (κ3) is 6.84. The monoisotopic (exact) mass is 287 g/mol. The van der Waals surface area contributed by atoms with Crippen LogP contribution >= 0.6 is 11.3 Å². The summed E-state index contributed by atoms with van der Waals surface area (Å²) in [6, 6.07) is 0. The predicted molar refractivity (Wildman–Crippen MR) is 77.7 cm³/mol. The van der Waals surface area contributed by atoms with Gasteiger partial charge >= 0.3 is 0 Å². The molecule has 0 unspecified atom stereocenters. The van der Waals surface area contributed by atoms with Gasteiger partial charge in [0.2, 0.25) is 0 Å². The minimum absolute atomic E-state index is 0.160. The van der Waals surface area contributed by atoms with Gasteiger partial charge in [0, 0.05) is 20.1 Å². The second-order valence-electron chi connectivity index (χ2n) is 5.55. The molecule has 0 aliphatic rings. The highest BCUT2D eigenvalue weighted by Gasteiger charge is 2.16. The largest absolute Gasteiger partial charge is 0.469 e. The van der Waals surface area contributed by atoms with Gasteiger partial charge in [-0.25, -0.2) is 0 Å². The molecule has 1 N–H and O–H groups in total. The number of methoxy groups -OCH3 is 1. The van der Waals surface area contributed by atoms with Crippen LogP contribution in [0.4, 0.5) is 0 Å². The summed E-state index contributed by atoms with van der Waals surface area (Å²) < 4.78 is 10.9. The second-order valence-corrected chi connectivity index (χ2v) is 6.57. The van der Waals surface area contributed by atoms with Gasteiger partial charge in [0.15, 0.2) is 0 Å². The van der Waals surface area contributed by atoms with Gasteiger partial charge < -0.3 is 14.8 Å². The van der Waals surface area contributed by atoms with Crippen LogP contribution in [0.25, 0.3) is 0 Å². The van der Waals surface area contributed by atoms with Crippen molar-refractivity contribution in [2.24, 2.45) is 5.92 Å². The molecule has 1 aromatic rings. The number of aromatic nitrogens is 2. The summed E-state index contributed by atoms with van der Waals surface area (Å²) in [6.07, 6.45) is 0.823. The van der Waals surface area contributed by atoms with E-state index in [2.05, 4.69) is 29.4 Å². The van der Waals surface area contributed by atoms with Gasteiger partial charge in [-0.15, -0.1) is 10.2 Å². The molecule has 1 heterocycles. The van der Waals surface area contributed by atoms with Crippen LogP contribution in [0, 0.1) is 5.92 Å². The summed E-state index contributed by atoms with van der Waals surface area (Å²) in [5, 5.41) is 13.1. The topological polar surface area (TPSA) is 56.3 Å². The maximum absolute atomic E-state index is 5.59. The van der Waals surface area contributed by atoms with E-state index in [1.807, 2.05) is 13.8 Å². The molecule has 0 bridgehead atoms. The molecule has 0 spiro atoms. The van der Waals surface area contributed by atoms with Gasteiger partial charge in [-0.1, -0.05) is 25.2 Å². The van der Waals surface area contributed by atoms with Gasteiger partial charge in [0.25, 0.3) is 5.19 Å². The highest BCUT2D eigenvalue weighted by molar-refractivity contribution is 7.13. The van der Waals surface area contributed by atoms with E-state index in [1.54, 1.807) is 7.11 Å². The number of nitrogens with one attached hydrogen (secondary N) is 1. The molecule has 1 aromatic heterocycles. The van der Waals surface area contributed by atoms with Gasteiger partial charge in [0.05, 0.1) is 12.2 Å². The van der Waals surface area contributed by atoms with E-state index in [0.29, 0.717) is 17.7 Å². The Kier molecular flexibility index (Phi) is 6.68. The average Bonchev–Trinajstić information content (AvgIpc) is 2.76. The molecule has 6 heteroatoms. The van der Waals surface area contributed by atoms with E-state index >= 15 is 0 Å². The predicted octanol–water partition coefficient (Wildman–Crippen LogP) is 2.48. The van der Waals surface area contributed by atoms with E-state index in [4.69, 9.17) is 9.47 Å². The molecule has 0 aromatic carbocycles. The first-order chi connectivity index (χ1) is 8.93. The van der Waals surface area contributed by atoms with Crippen LogP contribution in [-0.4, -0.2) is 36.1 Å². The molecular formula is C13H25N3O2S. The Balaban J connectivity index is 2.27. The summed E-state index contributed by atoms with van der Waals surface area (Å²) >= 11 is 1.49. The molecule has 0 atom stereocenters. The van der Waals surface area contributed by atoms with Crippen LogP contribution < -0.4 is 10.1 Å². The van der Waals surface area contributed by atoms with Crippen molar-refractivity contribution in [3.05, 3.63) is 5.01 Å². The molecule has 0 saturated carbocycles. The molecule has 0 radical (unpaired) electrons. The Bertz CT molecular complexity index is 367. The van der Waals surface area contributed by atoms with Crippen LogP contribution in [0.15, 0.2) is 0 Å². The maximum atomic E-state index is 5.59. The molecule has 0 aliphatic heterocycles. The Morgan fingerprint density at radius 1 is 1.32 bits per heavy atom. The molecule has 5 nitrogen and oxygen atoms in total. The van der Waals surface area contributed by atoms with E-state index in [-0.39, 0.29) is 5.60 Å². The number of nitrogens with zero attached hydrogens (tertiary/aromatic N) is 2. The van der Waals surface area contributed by atoms with E-state index < -0.39 is 0 Å². The number of rotatable bonds is 9. The minimum Gasteiger partial charge on any atom is -0.469 e. The zero-order chi connectivity index (χ0) is 14.3. The van der Waals surface area contributed by atoms with Crippen LogP contribution in [0.5, 0.6) is 5.19 Å². The normalized spacial score (nSPS) is 12.1. The van der Waals surface area contributed by atoms with Crippen molar-refractivity contribution in [3.63, 3.8) is 0 Å². The molecular weight excluding hydrogens is 262 g/mol. The Hall–Kier alpha value is -0.720. The molecule has 0 aliphatic carbocycles. The fourth-order valence-corrected chi connectivity index (χ4v) is 2.00.